The van der Waals surface area contributed by atoms with E-state index in [4.69, 9.17) is 0 Å². The van der Waals surface area contributed by atoms with Gasteiger partial charge in [-0.2, -0.15) is 0 Å². The first kappa shape index (κ1) is 7.47. The lowest BCUT2D eigenvalue weighted by atomic mass is 9.87. The molecule has 0 aliphatic heterocycles. The fraction of sp³-hybridized carbons (Fsp3) is 0.0667. The number of allylic oxidation sites excluding steroid dienone is 2. The molecule has 1 unspecified atom stereocenters. The van der Waals surface area contributed by atoms with E-state index in [0.29, 0.717) is 5.92 Å². The van der Waals surface area contributed by atoms with Crippen LogP contribution in [0.2, 0.25) is 0 Å². The van der Waals surface area contributed by atoms with Gasteiger partial charge in [0.05, 0.1) is 0 Å². The summed E-state index contributed by atoms with van der Waals surface area (Å²) in [6.07, 6.45) is 9.08. The topological polar surface area (TPSA) is 0 Å². The molecule has 0 heterocycles. The summed E-state index contributed by atoms with van der Waals surface area (Å²) in [6.45, 7) is 0. The molecule has 0 heteroatoms. The van der Waals surface area contributed by atoms with Crippen LogP contribution < -0.4 is 0 Å². The van der Waals surface area contributed by atoms with E-state index in [-0.39, 0.29) is 0 Å². The van der Waals surface area contributed by atoms with Gasteiger partial charge in [0.1, 0.15) is 0 Å². The van der Waals surface area contributed by atoms with E-state index in [0.717, 1.165) is 0 Å². The van der Waals surface area contributed by atoms with Gasteiger partial charge < -0.3 is 0 Å². The molecule has 15 heavy (non-hydrogen) atoms. The molecule has 2 aliphatic rings. The average Bonchev–Trinajstić information content (AvgIpc) is 2.71. The van der Waals surface area contributed by atoms with Crippen LogP contribution in [0.5, 0.6) is 0 Å². The van der Waals surface area contributed by atoms with E-state index in [2.05, 4.69) is 54.6 Å². The van der Waals surface area contributed by atoms with Gasteiger partial charge in [0.15, 0.2) is 0 Å². The van der Waals surface area contributed by atoms with Crippen molar-refractivity contribution in [2.24, 2.45) is 0 Å². The van der Waals surface area contributed by atoms with E-state index < -0.39 is 0 Å². The zero-order chi connectivity index (χ0) is 9.83. The molecule has 0 nitrogen and oxygen atoms in total. The van der Waals surface area contributed by atoms with E-state index in [9.17, 15) is 0 Å². The second-order valence-electron chi connectivity index (χ2n) is 4.26. The van der Waals surface area contributed by atoms with Crippen LogP contribution in [0.15, 0.2) is 42.5 Å². The monoisotopic (exact) mass is 190 g/mol. The van der Waals surface area contributed by atoms with Crippen molar-refractivity contribution in [1.82, 2.24) is 0 Å². The Labute approximate surface area is 88.5 Å². The summed E-state index contributed by atoms with van der Waals surface area (Å²) in [4.78, 5) is 0. The normalized spacial score (nSPS) is 20.1. The molecule has 2 aliphatic carbocycles. The summed E-state index contributed by atoms with van der Waals surface area (Å²) in [5.74, 6) is 0.513. The minimum atomic E-state index is 0.513. The predicted molar refractivity (Wildman–Crippen MR) is 64.8 cm³/mol. The van der Waals surface area contributed by atoms with Gasteiger partial charge in [-0.1, -0.05) is 54.6 Å². The quantitative estimate of drug-likeness (QED) is 0.589. The lowest BCUT2D eigenvalue weighted by molar-refractivity contribution is 1.13. The van der Waals surface area contributed by atoms with Gasteiger partial charge in [0.2, 0.25) is 0 Å². The van der Waals surface area contributed by atoms with E-state index >= 15 is 0 Å². The standard InChI is InChI=1S/C15H10/c1-2-10-4-6-12-8-9-13-7-5-11(3-1)14(10)15(12)13/h1-9,12H. The molecule has 0 radical (unpaired) electrons. The summed E-state index contributed by atoms with van der Waals surface area (Å²) < 4.78 is 0. The zero-order valence-electron chi connectivity index (χ0n) is 8.27. The molecule has 0 fully saturated rings. The van der Waals surface area contributed by atoms with Crippen molar-refractivity contribution in [3.63, 3.8) is 0 Å². The first-order valence-electron chi connectivity index (χ1n) is 5.35. The highest BCUT2D eigenvalue weighted by atomic mass is 14.2. The number of rotatable bonds is 0. The van der Waals surface area contributed by atoms with Crippen LogP contribution in [-0.2, 0) is 0 Å². The fourth-order valence-electron chi connectivity index (χ4n) is 2.77. The highest BCUT2D eigenvalue weighted by Gasteiger charge is 2.21. The minimum absolute atomic E-state index is 0.513. The average molecular weight is 190 g/mol. The van der Waals surface area contributed by atoms with Crippen LogP contribution in [0.1, 0.15) is 22.6 Å². The molecular formula is C15H10. The Bertz CT molecular complexity index is 630. The molecule has 0 N–H and O–H groups in total. The second-order valence-corrected chi connectivity index (χ2v) is 4.26. The Balaban J connectivity index is 2.30. The highest BCUT2D eigenvalue weighted by Crippen LogP contribution is 2.41. The van der Waals surface area contributed by atoms with Crippen molar-refractivity contribution in [3.05, 3.63) is 59.2 Å². The van der Waals surface area contributed by atoms with Crippen LogP contribution in [-0.4, -0.2) is 0 Å². The van der Waals surface area contributed by atoms with Gasteiger partial charge in [-0.3, -0.25) is 0 Å². The number of benzene rings is 2. The van der Waals surface area contributed by atoms with Crippen molar-refractivity contribution < 1.29 is 0 Å². The third-order valence-electron chi connectivity index (χ3n) is 3.45. The second kappa shape index (κ2) is 2.40. The van der Waals surface area contributed by atoms with Gasteiger partial charge in [0.25, 0.3) is 0 Å². The summed E-state index contributed by atoms with van der Waals surface area (Å²) in [7, 11) is 0. The molecule has 0 amide bonds. The summed E-state index contributed by atoms with van der Waals surface area (Å²) in [5.41, 5.74) is 4.26. The summed E-state index contributed by atoms with van der Waals surface area (Å²) in [5, 5.41) is 2.82. The molecule has 4 rings (SSSR count). The van der Waals surface area contributed by atoms with Crippen molar-refractivity contribution in [3.8, 4) is 0 Å². The van der Waals surface area contributed by atoms with Crippen LogP contribution >= 0.6 is 0 Å². The molecular weight excluding hydrogens is 180 g/mol. The van der Waals surface area contributed by atoms with Crippen LogP contribution in [0, 0.1) is 0 Å². The molecule has 1 atom stereocenters. The van der Waals surface area contributed by atoms with Crippen molar-refractivity contribution in [2.45, 2.75) is 5.92 Å². The Morgan fingerprint density at radius 2 is 1.67 bits per heavy atom. The summed E-state index contributed by atoms with van der Waals surface area (Å²) in [6, 6.07) is 11.0. The minimum Gasteiger partial charge on any atom is -0.0726 e. The third kappa shape index (κ3) is 0.822. The third-order valence-corrected chi connectivity index (χ3v) is 3.45. The molecule has 0 bridgehead atoms. The van der Waals surface area contributed by atoms with Crippen molar-refractivity contribution in [2.75, 3.05) is 0 Å². The Kier molecular flexibility index (Phi) is 1.20. The van der Waals surface area contributed by atoms with Crippen LogP contribution in [0.3, 0.4) is 0 Å². The lowest BCUT2D eigenvalue weighted by Crippen LogP contribution is -1.97. The molecule has 0 spiro atoms. The molecule has 70 valence electrons. The lowest BCUT2D eigenvalue weighted by Gasteiger charge is -2.17. The maximum absolute atomic E-state index is 2.30. The van der Waals surface area contributed by atoms with Gasteiger partial charge in [-0.25, -0.2) is 0 Å². The van der Waals surface area contributed by atoms with E-state index in [1.165, 1.54) is 27.5 Å². The SMILES string of the molecule is C1=CC2C=Cc3cccc4ccc1c2c34. The maximum Gasteiger partial charge on any atom is 0.0217 e. The van der Waals surface area contributed by atoms with Gasteiger partial charge in [-0.05, 0) is 27.5 Å². The summed E-state index contributed by atoms with van der Waals surface area (Å²) >= 11 is 0. The van der Waals surface area contributed by atoms with E-state index in [1.54, 1.807) is 0 Å². The molecule has 0 saturated carbocycles. The van der Waals surface area contributed by atoms with Crippen molar-refractivity contribution in [1.29, 1.82) is 0 Å². The Morgan fingerprint density at radius 3 is 2.60 bits per heavy atom. The predicted octanol–water partition coefficient (Wildman–Crippen LogP) is 3.98. The van der Waals surface area contributed by atoms with E-state index in [1.807, 2.05) is 0 Å². The fourth-order valence-corrected chi connectivity index (χ4v) is 2.77. The molecule has 0 aromatic heterocycles. The van der Waals surface area contributed by atoms with Gasteiger partial charge in [0, 0.05) is 5.92 Å². The molecule has 2 aromatic carbocycles. The zero-order valence-corrected chi connectivity index (χ0v) is 8.27. The van der Waals surface area contributed by atoms with Gasteiger partial charge >= 0.3 is 0 Å². The largest absolute Gasteiger partial charge is 0.0726 e. The molecule has 0 saturated heterocycles. The molecule has 2 aromatic rings. The smallest absolute Gasteiger partial charge is 0.0217 e. The van der Waals surface area contributed by atoms with Crippen LogP contribution in [0.4, 0.5) is 0 Å². The first-order valence-corrected chi connectivity index (χ1v) is 5.35. The van der Waals surface area contributed by atoms with Crippen molar-refractivity contribution >= 4 is 22.9 Å². The van der Waals surface area contributed by atoms with Gasteiger partial charge in [-0.15, -0.1) is 0 Å². The Hall–Kier alpha value is -1.82. The first-order chi connectivity index (χ1) is 7.43. The number of hydrogen-bond donors (Lipinski definition) is 0. The Morgan fingerprint density at radius 1 is 0.800 bits per heavy atom. The van der Waals surface area contributed by atoms with Crippen LogP contribution in [0.25, 0.3) is 22.9 Å². The highest BCUT2D eigenvalue weighted by molar-refractivity contribution is 5.99. The number of hydrogen-bond acceptors (Lipinski definition) is 0. The maximum atomic E-state index is 2.30.